The number of carboxylic acid groups (broad SMARTS) is 1. The summed E-state index contributed by atoms with van der Waals surface area (Å²) in [4.78, 5) is 17.5. The number of aromatic nitrogens is 1. The molecule has 1 aromatic rings. The zero-order valence-electron chi connectivity index (χ0n) is 12.2. The molecule has 0 amide bonds. The molecule has 1 unspecified atom stereocenters. The molecule has 0 saturated carbocycles. The van der Waals surface area contributed by atoms with Crippen LogP contribution >= 0.6 is 11.8 Å². The van der Waals surface area contributed by atoms with Crippen molar-refractivity contribution >= 4 is 33.4 Å². The van der Waals surface area contributed by atoms with Crippen molar-refractivity contribution in [1.29, 1.82) is 0 Å². The Labute approximate surface area is 128 Å². The normalized spacial score (nSPS) is 19.6. The van der Waals surface area contributed by atoms with E-state index in [0.29, 0.717) is 23.6 Å². The van der Waals surface area contributed by atoms with E-state index in [2.05, 4.69) is 4.98 Å². The average Bonchev–Trinajstić information content (AvgIpc) is 2.36. The Bertz CT molecular complexity index is 673. The topological polar surface area (TPSA) is 87.6 Å². The van der Waals surface area contributed by atoms with Crippen LogP contribution in [0.1, 0.15) is 21.6 Å². The van der Waals surface area contributed by atoms with E-state index in [1.807, 2.05) is 0 Å². The van der Waals surface area contributed by atoms with Crippen molar-refractivity contribution in [2.24, 2.45) is 0 Å². The van der Waals surface area contributed by atoms with Gasteiger partial charge in [0, 0.05) is 30.0 Å². The van der Waals surface area contributed by atoms with Crippen LogP contribution in [-0.4, -0.2) is 54.2 Å². The maximum absolute atomic E-state index is 12.0. The molecule has 1 N–H and O–H groups in total. The third-order valence-corrected chi connectivity index (χ3v) is 6.03. The maximum atomic E-state index is 12.0. The van der Waals surface area contributed by atoms with E-state index >= 15 is 0 Å². The Morgan fingerprint density at radius 1 is 1.48 bits per heavy atom. The van der Waals surface area contributed by atoms with Crippen LogP contribution in [0.5, 0.6) is 0 Å². The van der Waals surface area contributed by atoms with Crippen molar-refractivity contribution in [2.75, 3.05) is 29.2 Å². The summed E-state index contributed by atoms with van der Waals surface area (Å²) in [5.41, 5.74) is 1.36. The summed E-state index contributed by atoms with van der Waals surface area (Å²) < 4.78 is 24.0. The van der Waals surface area contributed by atoms with E-state index in [9.17, 15) is 18.3 Å². The zero-order valence-corrected chi connectivity index (χ0v) is 13.8. The summed E-state index contributed by atoms with van der Waals surface area (Å²) in [6.07, 6.45) is 1.18. The third-order valence-electron chi connectivity index (χ3n) is 3.39. The Morgan fingerprint density at radius 3 is 2.71 bits per heavy atom. The van der Waals surface area contributed by atoms with E-state index in [0.717, 1.165) is 5.75 Å². The molecule has 2 heterocycles. The lowest BCUT2D eigenvalue weighted by Crippen LogP contribution is -2.48. The molecule has 2 rings (SSSR count). The van der Waals surface area contributed by atoms with Crippen LogP contribution in [0.2, 0.25) is 0 Å². The van der Waals surface area contributed by atoms with Crippen LogP contribution in [0, 0.1) is 13.8 Å². The van der Waals surface area contributed by atoms with E-state index in [4.69, 9.17) is 0 Å². The summed E-state index contributed by atoms with van der Waals surface area (Å²) in [5, 5.41) is 8.70. The van der Waals surface area contributed by atoms with Gasteiger partial charge in [0.2, 0.25) is 0 Å². The minimum absolute atomic E-state index is 0.0844. The molecule has 8 heteroatoms. The van der Waals surface area contributed by atoms with Gasteiger partial charge in [0.1, 0.15) is 16.8 Å². The number of carbonyl (C=O) groups is 1. The number of aryl methyl sites for hydroxylation is 2. The molecular formula is C13H18N2O4S2. The molecule has 0 aliphatic carbocycles. The molecule has 1 aliphatic heterocycles. The quantitative estimate of drug-likeness (QED) is 0.894. The van der Waals surface area contributed by atoms with Crippen LogP contribution in [0.3, 0.4) is 0 Å². The largest absolute Gasteiger partial charge is 0.478 e. The molecular weight excluding hydrogens is 312 g/mol. The highest BCUT2D eigenvalue weighted by molar-refractivity contribution is 8.01. The molecule has 6 nitrogen and oxygen atoms in total. The second-order valence-corrected chi connectivity index (χ2v) is 8.49. The van der Waals surface area contributed by atoms with Crippen molar-refractivity contribution in [3.8, 4) is 0 Å². The van der Waals surface area contributed by atoms with Crippen LogP contribution in [0.4, 0.5) is 5.82 Å². The van der Waals surface area contributed by atoms with Crippen molar-refractivity contribution in [3.63, 3.8) is 0 Å². The molecule has 1 atom stereocenters. The number of aromatic carboxylic acids is 1. The number of carboxylic acids is 1. The molecule has 0 radical (unpaired) electrons. The Morgan fingerprint density at radius 2 is 2.14 bits per heavy atom. The number of hydrogen-bond acceptors (Lipinski definition) is 6. The molecule has 1 saturated heterocycles. The first kappa shape index (κ1) is 16.1. The maximum Gasteiger partial charge on any atom is 0.339 e. The summed E-state index contributed by atoms with van der Waals surface area (Å²) in [5.74, 6) is 0.350. The highest BCUT2D eigenvalue weighted by atomic mass is 32.2. The van der Waals surface area contributed by atoms with Gasteiger partial charge in [-0.3, -0.25) is 0 Å². The van der Waals surface area contributed by atoms with Gasteiger partial charge in [-0.25, -0.2) is 18.2 Å². The molecule has 1 aliphatic rings. The number of pyridine rings is 1. The number of thioether (sulfide) groups is 1. The van der Waals surface area contributed by atoms with Crippen LogP contribution < -0.4 is 4.90 Å². The molecule has 0 bridgehead atoms. The smallest absolute Gasteiger partial charge is 0.339 e. The Hall–Kier alpha value is -1.28. The number of anilines is 1. The minimum Gasteiger partial charge on any atom is -0.478 e. The van der Waals surface area contributed by atoms with Gasteiger partial charge in [-0.1, -0.05) is 0 Å². The summed E-state index contributed by atoms with van der Waals surface area (Å²) in [7, 11) is -3.32. The lowest BCUT2D eigenvalue weighted by molar-refractivity contribution is 0.0696. The summed E-state index contributed by atoms with van der Waals surface area (Å²) in [6, 6.07) is 1.70. The van der Waals surface area contributed by atoms with Gasteiger partial charge in [0.05, 0.1) is 0 Å². The van der Waals surface area contributed by atoms with E-state index in [1.165, 1.54) is 6.26 Å². The third kappa shape index (κ3) is 3.32. The predicted molar refractivity (Wildman–Crippen MR) is 84.0 cm³/mol. The highest BCUT2D eigenvalue weighted by Gasteiger charge is 2.34. The lowest BCUT2D eigenvalue weighted by atomic mass is 10.1. The fourth-order valence-corrected chi connectivity index (χ4v) is 5.29. The second-order valence-electron chi connectivity index (χ2n) is 5.14. The van der Waals surface area contributed by atoms with Gasteiger partial charge in [0.25, 0.3) is 0 Å². The molecule has 0 spiro atoms. The monoisotopic (exact) mass is 330 g/mol. The van der Waals surface area contributed by atoms with Gasteiger partial charge >= 0.3 is 5.97 Å². The number of nitrogens with zero attached hydrogens (tertiary/aromatic N) is 2. The van der Waals surface area contributed by atoms with Crippen molar-refractivity contribution in [3.05, 3.63) is 22.9 Å². The van der Waals surface area contributed by atoms with Crippen molar-refractivity contribution in [2.45, 2.75) is 19.2 Å². The van der Waals surface area contributed by atoms with Crippen molar-refractivity contribution < 1.29 is 18.3 Å². The SMILES string of the molecule is Cc1cc(C)c(C(=O)O)c(N2CCSCC2S(C)(=O)=O)n1. The first-order valence-electron chi connectivity index (χ1n) is 6.46. The average molecular weight is 330 g/mol. The number of hydrogen-bond donors (Lipinski definition) is 1. The second kappa shape index (κ2) is 5.84. The first-order chi connectivity index (χ1) is 9.71. The van der Waals surface area contributed by atoms with Gasteiger partial charge in [-0.05, 0) is 25.5 Å². The fourth-order valence-electron chi connectivity index (χ4n) is 2.47. The van der Waals surface area contributed by atoms with Gasteiger partial charge in [-0.15, -0.1) is 0 Å². The zero-order chi connectivity index (χ0) is 15.8. The Kier molecular flexibility index (Phi) is 4.48. The van der Waals surface area contributed by atoms with Gasteiger partial charge < -0.3 is 10.0 Å². The molecule has 0 aromatic carbocycles. The van der Waals surface area contributed by atoms with E-state index < -0.39 is 21.2 Å². The lowest BCUT2D eigenvalue weighted by Gasteiger charge is -2.36. The molecule has 116 valence electrons. The number of sulfone groups is 1. The van der Waals surface area contributed by atoms with E-state index in [-0.39, 0.29) is 11.4 Å². The molecule has 1 fully saturated rings. The first-order valence-corrected chi connectivity index (χ1v) is 9.57. The van der Waals surface area contributed by atoms with Crippen LogP contribution in [-0.2, 0) is 9.84 Å². The summed E-state index contributed by atoms with van der Waals surface area (Å²) >= 11 is 1.55. The van der Waals surface area contributed by atoms with Gasteiger partial charge in [0.15, 0.2) is 9.84 Å². The van der Waals surface area contributed by atoms with Gasteiger partial charge in [-0.2, -0.15) is 11.8 Å². The summed E-state index contributed by atoms with van der Waals surface area (Å²) in [6.45, 7) is 3.95. The van der Waals surface area contributed by atoms with E-state index in [1.54, 1.807) is 36.6 Å². The van der Waals surface area contributed by atoms with Crippen LogP contribution in [0.15, 0.2) is 6.07 Å². The Balaban J connectivity index is 2.60. The standard InChI is InChI=1S/C13H18N2O4S2/c1-8-6-9(2)14-12(11(8)13(16)17)15-4-5-20-7-10(15)21(3,18)19/h6,10H,4-5,7H2,1-3H3,(H,16,17). The predicted octanol–water partition coefficient (Wildman–Crippen LogP) is 1.32. The number of rotatable bonds is 3. The molecule has 1 aromatic heterocycles. The minimum atomic E-state index is -3.32. The molecule has 21 heavy (non-hydrogen) atoms. The van der Waals surface area contributed by atoms with Crippen LogP contribution in [0.25, 0.3) is 0 Å². The van der Waals surface area contributed by atoms with Crippen molar-refractivity contribution in [1.82, 2.24) is 4.98 Å². The highest BCUT2D eigenvalue weighted by Crippen LogP contribution is 2.30. The fraction of sp³-hybridized carbons (Fsp3) is 0.538.